The van der Waals surface area contributed by atoms with Gasteiger partial charge in [0.1, 0.15) is 10.8 Å². The van der Waals surface area contributed by atoms with Crippen molar-refractivity contribution in [1.82, 2.24) is 0 Å². The number of carboxylic acid groups (broad SMARTS) is 1. The zero-order chi connectivity index (χ0) is 20.2. The van der Waals surface area contributed by atoms with Crippen molar-refractivity contribution in [3.05, 3.63) is 63.6 Å². The second-order valence-electron chi connectivity index (χ2n) is 6.12. The van der Waals surface area contributed by atoms with Crippen LogP contribution in [0.3, 0.4) is 0 Å². The number of hydrogen-bond donors (Lipinski definition) is 1. The van der Waals surface area contributed by atoms with Crippen molar-refractivity contribution in [1.29, 1.82) is 0 Å². The summed E-state index contributed by atoms with van der Waals surface area (Å²) >= 11 is 14.1. The summed E-state index contributed by atoms with van der Waals surface area (Å²) in [5.41, 5.74) is -0.367. The van der Waals surface area contributed by atoms with Crippen LogP contribution in [0.15, 0.2) is 47.4 Å². The van der Waals surface area contributed by atoms with E-state index in [-0.39, 0.29) is 21.6 Å². The largest absolute Gasteiger partial charge is 0.478 e. The maximum absolute atomic E-state index is 12.3. The van der Waals surface area contributed by atoms with Gasteiger partial charge in [-0.25, -0.2) is 4.79 Å². The summed E-state index contributed by atoms with van der Waals surface area (Å²) in [5.74, 6) is -1.14. The lowest BCUT2D eigenvalue weighted by Crippen LogP contribution is -2.37. The minimum absolute atomic E-state index is 0.0879. The van der Waals surface area contributed by atoms with Crippen LogP contribution in [-0.2, 0) is 4.79 Å². The number of carbonyl (C=O) groups is 2. The summed E-state index contributed by atoms with van der Waals surface area (Å²) in [6.45, 7) is 2.82. The zero-order valence-corrected chi connectivity index (χ0v) is 17.3. The molecule has 0 heterocycles. The summed E-state index contributed by atoms with van der Waals surface area (Å²) in [6.07, 6.45) is 4.94. The molecule has 0 aliphatic carbocycles. The van der Waals surface area contributed by atoms with Crippen LogP contribution in [0.2, 0.25) is 10.0 Å². The molecular formula is C20H18Cl2O4S. The molecule has 0 amide bonds. The van der Waals surface area contributed by atoms with Gasteiger partial charge in [0.05, 0.1) is 5.02 Å². The van der Waals surface area contributed by atoms with E-state index in [1.165, 1.54) is 26.0 Å². The van der Waals surface area contributed by atoms with E-state index in [9.17, 15) is 9.59 Å². The summed E-state index contributed by atoms with van der Waals surface area (Å²) in [4.78, 5) is 24.5. The van der Waals surface area contributed by atoms with Crippen LogP contribution in [-0.4, -0.2) is 28.7 Å². The van der Waals surface area contributed by atoms with E-state index < -0.39 is 11.6 Å². The number of carbonyl (C=O) groups excluding carboxylic acids is 1. The predicted molar refractivity (Wildman–Crippen MR) is 110 cm³/mol. The van der Waals surface area contributed by atoms with Gasteiger partial charge >= 0.3 is 5.97 Å². The van der Waals surface area contributed by atoms with E-state index in [0.29, 0.717) is 11.1 Å². The van der Waals surface area contributed by atoms with Crippen molar-refractivity contribution < 1.29 is 19.4 Å². The summed E-state index contributed by atoms with van der Waals surface area (Å²) in [5, 5.41) is 9.42. The third kappa shape index (κ3) is 5.28. The van der Waals surface area contributed by atoms with E-state index in [4.69, 9.17) is 33.0 Å². The van der Waals surface area contributed by atoms with Crippen LogP contribution in [0.5, 0.6) is 5.75 Å². The average molecular weight is 425 g/mol. The lowest BCUT2D eigenvalue weighted by Gasteiger charge is -2.22. The fourth-order valence-corrected chi connectivity index (χ4v) is 2.93. The Morgan fingerprint density at radius 2 is 1.70 bits per heavy atom. The summed E-state index contributed by atoms with van der Waals surface area (Å²) in [6, 6.07) is 10.4. The van der Waals surface area contributed by atoms with Crippen LogP contribution < -0.4 is 4.74 Å². The van der Waals surface area contributed by atoms with Gasteiger partial charge in [-0.1, -0.05) is 23.2 Å². The first kappa shape index (κ1) is 21.4. The second kappa shape index (κ2) is 8.83. The van der Waals surface area contributed by atoms with E-state index >= 15 is 0 Å². The molecule has 0 unspecified atom stereocenters. The number of ether oxygens (including phenoxy) is 1. The molecule has 0 radical (unpaired) electrons. The van der Waals surface area contributed by atoms with Crippen molar-refractivity contribution >= 4 is 52.8 Å². The SMILES string of the molecule is CSc1ccc(C(=O)/C=C/c2ccc(OC(C)(C)C(=O)O)c(Cl)c2Cl)cc1. The Hall–Kier alpha value is -1.95. The first-order valence-electron chi connectivity index (χ1n) is 7.92. The molecule has 0 aliphatic heterocycles. The fraction of sp³-hybridized carbons (Fsp3) is 0.200. The number of hydrogen-bond acceptors (Lipinski definition) is 4. The molecule has 142 valence electrons. The highest BCUT2D eigenvalue weighted by molar-refractivity contribution is 7.98. The maximum atomic E-state index is 12.3. The minimum atomic E-state index is -1.46. The number of halogens is 2. The number of aliphatic carboxylic acids is 1. The van der Waals surface area contributed by atoms with Crippen molar-refractivity contribution in [3.8, 4) is 5.75 Å². The van der Waals surface area contributed by atoms with E-state index in [0.717, 1.165) is 4.90 Å². The van der Waals surface area contributed by atoms with Crippen molar-refractivity contribution in [2.24, 2.45) is 0 Å². The van der Waals surface area contributed by atoms with Crippen LogP contribution in [0, 0.1) is 0 Å². The van der Waals surface area contributed by atoms with Gasteiger partial charge in [-0.3, -0.25) is 4.79 Å². The lowest BCUT2D eigenvalue weighted by atomic mass is 10.1. The van der Waals surface area contributed by atoms with Crippen molar-refractivity contribution in [2.45, 2.75) is 24.3 Å². The Kier molecular flexibility index (Phi) is 6.98. The molecule has 0 aromatic heterocycles. The number of thioether (sulfide) groups is 1. The Bertz CT molecular complexity index is 890. The van der Waals surface area contributed by atoms with Crippen LogP contribution in [0.1, 0.15) is 29.8 Å². The molecule has 27 heavy (non-hydrogen) atoms. The second-order valence-corrected chi connectivity index (χ2v) is 7.76. The monoisotopic (exact) mass is 424 g/mol. The lowest BCUT2D eigenvalue weighted by molar-refractivity contribution is -0.152. The molecule has 2 aromatic carbocycles. The number of allylic oxidation sites excluding steroid dienone is 1. The van der Waals surface area contributed by atoms with Gasteiger partial charge in [0, 0.05) is 10.5 Å². The van der Waals surface area contributed by atoms with Gasteiger partial charge in [0.15, 0.2) is 11.4 Å². The molecular weight excluding hydrogens is 407 g/mol. The number of benzene rings is 2. The van der Waals surface area contributed by atoms with Crippen molar-refractivity contribution in [3.63, 3.8) is 0 Å². The molecule has 0 saturated carbocycles. The average Bonchev–Trinajstić information content (AvgIpc) is 2.64. The molecule has 4 nitrogen and oxygen atoms in total. The molecule has 1 N–H and O–H groups in total. The zero-order valence-electron chi connectivity index (χ0n) is 15.0. The third-order valence-corrected chi connectivity index (χ3v) is 5.37. The maximum Gasteiger partial charge on any atom is 0.347 e. The van der Waals surface area contributed by atoms with Gasteiger partial charge in [-0.15, -0.1) is 11.8 Å². The normalized spacial score (nSPS) is 11.6. The molecule has 7 heteroatoms. The highest BCUT2D eigenvalue weighted by atomic mass is 35.5. The Morgan fingerprint density at radius 3 is 2.26 bits per heavy atom. The van der Waals surface area contributed by atoms with Gasteiger partial charge in [0.2, 0.25) is 0 Å². The van der Waals surface area contributed by atoms with Crippen LogP contribution >= 0.6 is 35.0 Å². The molecule has 0 aliphatic rings. The molecule has 0 fully saturated rings. The van der Waals surface area contributed by atoms with Crippen LogP contribution in [0.25, 0.3) is 6.08 Å². The van der Waals surface area contributed by atoms with E-state index in [1.54, 1.807) is 36.0 Å². The molecule has 2 aromatic rings. The number of ketones is 1. The number of carboxylic acids is 1. The summed E-state index contributed by atoms with van der Waals surface area (Å²) in [7, 11) is 0. The number of rotatable bonds is 7. The van der Waals surface area contributed by atoms with Gasteiger partial charge in [-0.2, -0.15) is 0 Å². The van der Waals surface area contributed by atoms with Crippen LogP contribution in [0.4, 0.5) is 0 Å². The van der Waals surface area contributed by atoms with E-state index in [2.05, 4.69) is 0 Å². The van der Waals surface area contributed by atoms with Gasteiger partial charge in [-0.05, 0) is 74.2 Å². The molecule has 0 bridgehead atoms. The first-order chi connectivity index (χ1) is 12.7. The summed E-state index contributed by atoms with van der Waals surface area (Å²) < 4.78 is 5.44. The minimum Gasteiger partial charge on any atom is -0.478 e. The predicted octanol–water partition coefficient (Wildman–Crippen LogP) is 5.85. The van der Waals surface area contributed by atoms with Crippen molar-refractivity contribution in [2.75, 3.05) is 6.26 Å². The smallest absolute Gasteiger partial charge is 0.347 e. The van der Waals surface area contributed by atoms with Gasteiger partial charge < -0.3 is 9.84 Å². The Morgan fingerprint density at radius 1 is 1.07 bits per heavy atom. The first-order valence-corrected chi connectivity index (χ1v) is 9.90. The Labute approximate surface area is 172 Å². The quantitative estimate of drug-likeness (QED) is 0.342. The molecule has 0 saturated heterocycles. The Balaban J connectivity index is 2.21. The van der Waals surface area contributed by atoms with E-state index in [1.807, 2.05) is 18.4 Å². The highest BCUT2D eigenvalue weighted by Gasteiger charge is 2.30. The topological polar surface area (TPSA) is 63.6 Å². The molecule has 0 spiro atoms. The molecule has 2 rings (SSSR count). The van der Waals surface area contributed by atoms with Gasteiger partial charge in [0.25, 0.3) is 0 Å². The highest BCUT2D eigenvalue weighted by Crippen LogP contribution is 2.37. The third-order valence-electron chi connectivity index (χ3n) is 3.75. The molecule has 0 atom stereocenters. The fourth-order valence-electron chi connectivity index (χ4n) is 2.09. The standard InChI is InChI=1S/C20H18Cl2O4S/c1-20(2,19(24)25)26-16-11-7-13(17(21)18(16)22)6-10-15(23)12-4-8-14(27-3)9-5-12/h4-11H,1-3H3,(H,24,25)/b10-6+.